The normalized spacial score (nSPS) is 11.2. The zero-order valence-electron chi connectivity index (χ0n) is 13.3. The summed E-state index contributed by atoms with van der Waals surface area (Å²) in [6.45, 7) is 2.04. The molecule has 0 saturated carbocycles. The molecule has 0 fully saturated rings. The number of hydrogen-bond acceptors (Lipinski definition) is 4. The number of alkyl halides is 3. The second-order valence-corrected chi connectivity index (χ2v) is 6.09. The van der Waals surface area contributed by atoms with Crippen molar-refractivity contribution in [1.29, 1.82) is 0 Å². The van der Waals surface area contributed by atoms with Crippen molar-refractivity contribution in [2.24, 2.45) is 0 Å². The summed E-state index contributed by atoms with van der Waals surface area (Å²) >= 11 is 1.26. The molecule has 25 heavy (non-hydrogen) atoms. The topological polar surface area (TPSA) is 71.1 Å². The molecule has 0 aliphatic carbocycles. The van der Waals surface area contributed by atoms with Gasteiger partial charge in [0.15, 0.2) is 0 Å². The third-order valence-corrected chi connectivity index (χ3v) is 4.11. The number of carbonyl (C=O) groups is 2. The molecule has 134 valence electrons. The molecule has 2 N–H and O–H groups in total. The van der Waals surface area contributed by atoms with Gasteiger partial charge in [0.1, 0.15) is 5.01 Å². The fraction of sp³-hybridized carbons (Fsp3) is 0.312. The SMILES string of the molecule is CC(=O)NCCNC(=O)Cc1csc(-c2ccc(C(F)(F)F)cc2)n1. The van der Waals surface area contributed by atoms with Crippen molar-refractivity contribution in [2.45, 2.75) is 19.5 Å². The highest BCUT2D eigenvalue weighted by Gasteiger charge is 2.30. The molecule has 0 unspecified atom stereocenters. The number of thiazole rings is 1. The van der Waals surface area contributed by atoms with Gasteiger partial charge >= 0.3 is 6.18 Å². The molecule has 1 aromatic heterocycles. The first-order chi connectivity index (χ1) is 11.8. The summed E-state index contributed by atoms with van der Waals surface area (Å²) in [5, 5.41) is 7.45. The van der Waals surface area contributed by atoms with E-state index in [4.69, 9.17) is 0 Å². The summed E-state index contributed by atoms with van der Waals surface area (Å²) in [5.74, 6) is -0.412. The minimum absolute atomic E-state index is 0.0667. The number of benzene rings is 1. The molecule has 2 rings (SSSR count). The van der Waals surface area contributed by atoms with Gasteiger partial charge in [-0.05, 0) is 12.1 Å². The molecular weight excluding hydrogens is 355 g/mol. The fourth-order valence-electron chi connectivity index (χ4n) is 1.99. The Balaban J connectivity index is 1.91. The lowest BCUT2D eigenvalue weighted by atomic mass is 10.1. The summed E-state index contributed by atoms with van der Waals surface area (Å²) in [6.07, 6.45) is -4.31. The third-order valence-electron chi connectivity index (χ3n) is 3.17. The highest BCUT2D eigenvalue weighted by atomic mass is 32.1. The first-order valence-corrected chi connectivity index (χ1v) is 8.27. The van der Waals surface area contributed by atoms with Gasteiger partial charge in [-0.1, -0.05) is 12.1 Å². The predicted molar refractivity (Wildman–Crippen MR) is 87.9 cm³/mol. The quantitative estimate of drug-likeness (QED) is 0.767. The molecule has 0 aliphatic rings. The highest BCUT2D eigenvalue weighted by Crippen LogP contribution is 2.31. The van der Waals surface area contributed by atoms with Gasteiger partial charge < -0.3 is 10.6 Å². The van der Waals surface area contributed by atoms with E-state index < -0.39 is 11.7 Å². The van der Waals surface area contributed by atoms with Gasteiger partial charge in [-0.3, -0.25) is 9.59 Å². The van der Waals surface area contributed by atoms with E-state index in [0.717, 1.165) is 12.1 Å². The number of halogens is 3. The average molecular weight is 371 g/mol. The van der Waals surface area contributed by atoms with Crippen molar-refractivity contribution < 1.29 is 22.8 Å². The van der Waals surface area contributed by atoms with Crippen molar-refractivity contribution in [3.63, 3.8) is 0 Å². The Kier molecular flexibility index (Phi) is 6.13. The number of aromatic nitrogens is 1. The van der Waals surface area contributed by atoms with E-state index in [1.54, 1.807) is 5.38 Å². The van der Waals surface area contributed by atoms with Crippen LogP contribution in [0.4, 0.5) is 13.2 Å². The molecule has 5 nitrogen and oxygen atoms in total. The van der Waals surface area contributed by atoms with E-state index in [9.17, 15) is 22.8 Å². The number of hydrogen-bond donors (Lipinski definition) is 2. The lowest BCUT2D eigenvalue weighted by molar-refractivity contribution is -0.137. The maximum Gasteiger partial charge on any atom is 0.416 e. The van der Waals surface area contributed by atoms with Gasteiger partial charge in [0.25, 0.3) is 0 Å². The van der Waals surface area contributed by atoms with Crippen LogP contribution in [0.15, 0.2) is 29.6 Å². The van der Waals surface area contributed by atoms with Crippen molar-refractivity contribution in [2.75, 3.05) is 13.1 Å². The molecule has 0 saturated heterocycles. The Bertz CT molecular complexity index is 742. The average Bonchev–Trinajstić information content (AvgIpc) is 2.99. The van der Waals surface area contributed by atoms with Crippen LogP contribution < -0.4 is 10.6 Å². The molecule has 0 spiro atoms. The Morgan fingerprint density at radius 2 is 1.76 bits per heavy atom. The summed E-state index contributed by atoms with van der Waals surface area (Å²) in [5.41, 5.74) is 0.388. The van der Waals surface area contributed by atoms with Gasteiger partial charge in [-0.25, -0.2) is 4.98 Å². The van der Waals surface area contributed by atoms with Crippen LogP contribution in [0.5, 0.6) is 0 Å². The van der Waals surface area contributed by atoms with Crippen molar-refractivity contribution in [1.82, 2.24) is 15.6 Å². The van der Waals surface area contributed by atoms with E-state index in [1.807, 2.05) is 0 Å². The molecular formula is C16H16F3N3O2S. The van der Waals surface area contributed by atoms with E-state index >= 15 is 0 Å². The molecule has 2 amide bonds. The van der Waals surface area contributed by atoms with E-state index in [2.05, 4.69) is 15.6 Å². The summed E-state index contributed by atoms with van der Waals surface area (Å²) in [7, 11) is 0. The highest BCUT2D eigenvalue weighted by molar-refractivity contribution is 7.13. The van der Waals surface area contributed by atoms with Crippen LogP contribution >= 0.6 is 11.3 Å². The largest absolute Gasteiger partial charge is 0.416 e. The lowest BCUT2D eigenvalue weighted by Gasteiger charge is -2.06. The molecule has 0 bridgehead atoms. The Morgan fingerprint density at radius 3 is 2.36 bits per heavy atom. The predicted octanol–water partition coefficient (Wildman–Crippen LogP) is 2.62. The van der Waals surface area contributed by atoms with E-state index in [1.165, 1.54) is 30.4 Å². The van der Waals surface area contributed by atoms with Gasteiger partial charge in [0.2, 0.25) is 11.8 Å². The lowest BCUT2D eigenvalue weighted by Crippen LogP contribution is -2.34. The van der Waals surface area contributed by atoms with Gasteiger partial charge in [-0.15, -0.1) is 11.3 Å². The second-order valence-electron chi connectivity index (χ2n) is 5.23. The number of amides is 2. The van der Waals surface area contributed by atoms with Crippen LogP contribution in [0.25, 0.3) is 10.6 Å². The van der Waals surface area contributed by atoms with Gasteiger partial charge in [0.05, 0.1) is 17.7 Å². The monoisotopic (exact) mass is 371 g/mol. The maximum absolute atomic E-state index is 12.6. The molecule has 1 heterocycles. The van der Waals surface area contributed by atoms with Gasteiger partial charge in [0, 0.05) is 31.0 Å². The van der Waals surface area contributed by atoms with Crippen LogP contribution in [0, 0.1) is 0 Å². The van der Waals surface area contributed by atoms with Crippen molar-refractivity contribution in [3.05, 3.63) is 40.9 Å². The van der Waals surface area contributed by atoms with Crippen LogP contribution in [0.2, 0.25) is 0 Å². The van der Waals surface area contributed by atoms with Crippen LogP contribution in [-0.2, 0) is 22.2 Å². The molecule has 9 heteroatoms. The smallest absolute Gasteiger partial charge is 0.355 e. The summed E-state index contributed by atoms with van der Waals surface area (Å²) in [6, 6.07) is 4.73. The standard InChI is InChI=1S/C16H16F3N3O2S/c1-10(23)20-6-7-21-14(24)8-13-9-25-15(22-13)11-2-4-12(5-3-11)16(17,18)19/h2-5,9H,6-8H2,1H3,(H,20,23)(H,21,24). The number of rotatable bonds is 6. The second kappa shape index (κ2) is 8.11. The number of nitrogens with zero attached hydrogens (tertiary/aromatic N) is 1. The molecule has 2 aromatic rings. The Hall–Kier alpha value is -2.42. The first kappa shape index (κ1) is 18.9. The first-order valence-electron chi connectivity index (χ1n) is 7.39. The third kappa shape index (κ3) is 5.86. The van der Waals surface area contributed by atoms with Crippen LogP contribution in [0.3, 0.4) is 0 Å². The van der Waals surface area contributed by atoms with E-state index in [-0.39, 0.29) is 18.2 Å². The zero-order chi connectivity index (χ0) is 18.4. The van der Waals surface area contributed by atoms with Crippen molar-refractivity contribution >= 4 is 23.2 Å². The molecule has 0 aliphatic heterocycles. The molecule has 0 radical (unpaired) electrons. The molecule has 1 aromatic carbocycles. The minimum atomic E-state index is -4.37. The minimum Gasteiger partial charge on any atom is -0.355 e. The van der Waals surface area contributed by atoms with Crippen LogP contribution in [0.1, 0.15) is 18.2 Å². The summed E-state index contributed by atoms with van der Waals surface area (Å²) in [4.78, 5) is 26.7. The Labute approximate surface area is 146 Å². The van der Waals surface area contributed by atoms with Crippen molar-refractivity contribution in [3.8, 4) is 10.6 Å². The maximum atomic E-state index is 12.6. The number of carbonyl (C=O) groups excluding carboxylic acids is 2. The number of nitrogens with one attached hydrogen (secondary N) is 2. The summed E-state index contributed by atoms with van der Waals surface area (Å²) < 4.78 is 37.7. The van der Waals surface area contributed by atoms with Gasteiger partial charge in [-0.2, -0.15) is 13.2 Å². The van der Waals surface area contributed by atoms with Crippen LogP contribution in [-0.4, -0.2) is 29.9 Å². The zero-order valence-corrected chi connectivity index (χ0v) is 14.1. The Morgan fingerprint density at radius 1 is 1.12 bits per heavy atom. The molecule has 0 atom stereocenters. The van der Waals surface area contributed by atoms with E-state index in [0.29, 0.717) is 29.4 Å². The fourth-order valence-corrected chi connectivity index (χ4v) is 2.82.